The van der Waals surface area contributed by atoms with E-state index in [9.17, 15) is 4.79 Å². The Bertz CT molecular complexity index is 412. The largest absolute Gasteiger partial charge is 0.478 e. The van der Waals surface area contributed by atoms with E-state index in [1.807, 2.05) is 31.2 Å². The minimum absolute atomic E-state index is 0.0354. The summed E-state index contributed by atoms with van der Waals surface area (Å²) in [5, 5.41) is 8.55. The number of carboxylic acid groups (broad SMARTS) is 1. The maximum atomic E-state index is 10.4. The Morgan fingerprint density at radius 2 is 2.28 bits per heavy atom. The summed E-state index contributed by atoms with van der Waals surface area (Å²) in [6.07, 6.45) is 2.71. The summed E-state index contributed by atoms with van der Waals surface area (Å²) in [5.74, 6) is -0.953. The summed E-state index contributed by atoms with van der Waals surface area (Å²) >= 11 is 0. The molecule has 0 amide bonds. The molecule has 98 valence electrons. The SMILES string of the molecule is COCC(C)OCc1cccc(C=CC(=O)O)c1. The van der Waals surface area contributed by atoms with E-state index in [-0.39, 0.29) is 6.10 Å². The standard InChI is InChI=1S/C14H18O4/c1-11(9-17-2)18-10-13-5-3-4-12(8-13)6-7-14(15)16/h3-8,11H,9-10H2,1-2H3,(H,15,16). The molecule has 0 aliphatic heterocycles. The zero-order chi connectivity index (χ0) is 13.4. The van der Waals surface area contributed by atoms with Gasteiger partial charge in [-0.1, -0.05) is 18.2 Å². The maximum Gasteiger partial charge on any atom is 0.328 e. The van der Waals surface area contributed by atoms with Gasteiger partial charge in [0.1, 0.15) is 0 Å². The normalized spacial score (nSPS) is 12.8. The van der Waals surface area contributed by atoms with Gasteiger partial charge in [0.15, 0.2) is 0 Å². The van der Waals surface area contributed by atoms with Gasteiger partial charge in [0.25, 0.3) is 0 Å². The van der Waals surface area contributed by atoms with Crippen LogP contribution in [0.4, 0.5) is 0 Å². The fourth-order valence-corrected chi connectivity index (χ4v) is 1.48. The van der Waals surface area contributed by atoms with Crippen molar-refractivity contribution >= 4 is 12.0 Å². The Morgan fingerprint density at radius 3 is 2.94 bits per heavy atom. The Balaban J connectivity index is 2.56. The minimum atomic E-state index is -0.953. The molecule has 1 N–H and O–H groups in total. The zero-order valence-electron chi connectivity index (χ0n) is 10.6. The van der Waals surface area contributed by atoms with Crippen molar-refractivity contribution in [2.75, 3.05) is 13.7 Å². The highest BCUT2D eigenvalue weighted by molar-refractivity contribution is 5.85. The first-order valence-corrected chi connectivity index (χ1v) is 5.72. The fourth-order valence-electron chi connectivity index (χ4n) is 1.48. The predicted molar refractivity (Wildman–Crippen MR) is 69.2 cm³/mol. The first kappa shape index (κ1) is 14.4. The lowest BCUT2D eigenvalue weighted by atomic mass is 10.1. The van der Waals surface area contributed by atoms with Crippen molar-refractivity contribution in [1.82, 2.24) is 0 Å². The Hall–Kier alpha value is -1.65. The third-order valence-corrected chi connectivity index (χ3v) is 2.31. The molecule has 4 nitrogen and oxygen atoms in total. The second-order valence-corrected chi connectivity index (χ2v) is 3.99. The van der Waals surface area contributed by atoms with Crippen LogP contribution in [0, 0.1) is 0 Å². The monoisotopic (exact) mass is 250 g/mol. The van der Waals surface area contributed by atoms with E-state index in [1.165, 1.54) is 0 Å². The van der Waals surface area contributed by atoms with Gasteiger partial charge in [0.05, 0.1) is 19.3 Å². The molecule has 0 heterocycles. The van der Waals surface area contributed by atoms with Crippen molar-refractivity contribution in [3.05, 3.63) is 41.5 Å². The van der Waals surface area contributed by atoms with Gasteiger partial charge in [-0.25, -0.2) is 4.79 Å². The molecule has 0 aliphatic carbocycles. The Morgan fingerprint density at radius 1 is 1.50 bits per heavy atom. The molecule has 0 spiro atoms. The lowest BCUT2D eigenvalue weighted by Crippen LogP contribution is -2.14. The molecule has 4 heteroatoms. The highest BCUT2D eigenvalue weighted by Gasteiger charge is 2.02. The molecule has 1 unspecified atom stereocenters. The molecule has 1 aromatic carbocycles. The molecule has 1 rings (SSSR count). The highest BCUT2D eigenvalue weighted by atomic mass is 16.5. The number of methoxy groups -OCH3 is 1. The molecule has 1 aromatic rings. The molecule has 0 bridgehead atoms. The molecule has 1 atom stereocenters. The first-order chi connectivity index (χ1) is 8.61. The van der Waals surface area contributed by atoms with Crippen molar-refractivity contribution in [2.24, 2.45) is 0 Å². The van der Waals surface area contributed by atoms with Crippen LogP contribution in [0.25, 0.3) is 6.08 Å². The lowest BCUT2D eigenvalue weighted by molar-refractivity contribution is -0.131. The smallest absolute Gasteiger partial charge is 0.328 e. The highest BCUT2D eigenvalue weighted by Crippen LogP contribution is 2.09. The van der Waals surface area contributed by atoms with Crippen LogP contribution in [0.2, 0.25) is 0 Å². The van der Waals surface area contributed by atoms with Gasteiger partial charge in [-0.15, -0.1) is 0 Å². The van der Waals surface area contributed by atoms with Crippen LogP contribution < -0.4 is 0 Å². The Labute approximate surface area is 107 Å². The van der Waals surface area contributed by atoms with Gasteiger partial charge in [-0.05, 0) is 30.2 Å². The van der Waals surface area contributed by atoms with Crippen LogP contribution in [-0.2, 0) is 20.9 Å². The molecule has 0 saturated heterocycles. The van der Waals surface area contributed by atoms with Crippen molar-refractivity contribution in [1.29, 1.82) is 0 Å². The van der Waals surface area contributed by atoms with E-state index >= 15 is 0 Å². The van der Waals surface area contributed by atoms with E-state index in [1.54, 1.807) is 13.2 Å². The van der Waals surface area contributed by atoms with Crippen LogP contribution in [0.1, 0.15) is 18.1 Å². The summed E-state index contributed by atoms with van der Waals surface area (Å²) < 4.78 is 10.6. The quantitative estimate of drug-likeness (QED) is 0.755. The second-order valence-electron chi connectivity index (χ2n) is 3.99. The minimum Gasteiger partial charge on any atom is -0.478 e. The van der Waals surface area contributed by atoms with Crippen LogP contribution in [0.5, 0.6) is 0 Å². The van der Waals surface area contributed by atoms with Gasteiger partial charge in [-0.2, -0.15) is 0 Å². The molecule has 18 heavy (non-hydrogen) atoms. The molecular weight excluding hydrogens is 232 g/mol. The van der Waals surface area contributed by atoms with E-state index < -0.39 is 5.97 Å². The van der Waals surface area contributed by atoms with Gasteiger partial charge < -0.3 is 14.6 Å². The van der Waals surface area contributed by atoms with Gasteiger partial charge >= 0.3 is 5.97 Å². The average molecular weight is 250 g/mol. The van der Waals surface area contributed by atoms with E-state index in [4.69, 9.17) is 14.6 Å². The van der Waals surface area contributed by atoms with Crippen molar-refractivity contribution < 1.29 is 19.4 Å². The van der Waals surface area contributed by atoms with Crippen molar-refractivity contribution in [3.8, 4) is 0 Å². The third kappa shape index (κ3) is 5.61. The molecule has 0 radical (unpaired) electrons. The average Bonchev–Trinajstić information content (AvgIpc) is 2.35. The maximum absolute atomic E-state index is 10.4. The third-order valence-electron chi connectivity index (χ3n) is 2.31. The molecule has 0 saturated carbocycles. The number of benzene rings is 1. The van der Waals surface area contributed by atoms with Crippen LogP contribution in [0.15, 0.2) is 30.3 Å². The summed E-state index contributed by atoms with van der Waals surface area (Å²) in [7, 11) is 1.64. The molecule has 0 aromatic heterocycles. The van der Waals surface area contributed by atoms with Crippen molar-refractivity contribution in [2.45, 2.75) is 19.6 Å². The number of rotatable bonds is 7. The zero-order valence-corrected chi connectivity index (χ0v) is 10.6. The van der Waals surface area contributed by atoms with Crippen LogP contribution in [-0.4, -0.2) is 30.9 Å². The molecule has 0 aliphatic rings. The number of carboxylic acids is 1. The topological polar surface area (TPSA) is 55.8 Å². The summed E-state index contributed by atoms with van der Waals surface area (Å²) in [4.78, 5) is 10.4. The summed E-state index contributed by atoms with van der Waals surface area (Å²) in [6.45, 7) is 2.98. The lowest BCUT2D eigenvalue weighted by Gasteiger charge is -2.12. The molecular formula is C14H18O4. The van der Waals surface area contributed by atoms with Gasteiger partial charge in [0, 0.05) is 13.2 Å². The van der Waals surface area contributed by atoms with Gasteiger partial charge in [0.2, 0.25) is 0 Å². The summed E-state index contributed by atoms with van der Waals surface area (Å²) in [5.41, 5.74) is 1.85. The Kier molecular flexibility index (Phi) is 6.11. The fraction of sp³-hybridized carbons (Fsp3) is 0.357. The van der Waals surface area contributed by atoms with E-state index in [0.717, 1.165) is 17.2 Å². The second kappa shape index (κ2) is 7.63. The first-order valence-electron chi connectivity index (χ1n) is 5.72. The summed E-state index contributed by atoms with van der Waals surface area (Å²) in [6, 6.07) is 7.57. The number of carbonyl (C=O) groups is 1. The van der Waals surface area contributed by atoms with Gasteiger partial charge in [-0.3, -0.25) is 0 Å². The number of ether oxygens (including phenoxy) is 2. The van der Waals surface area contributed by atoms with Crippen LogP contribution in [0.3, 0.4) is 0 Å². The molecule has 0 fully saturated rings. The van der Waals surface area contributed by atoms with E-state index in [2.05, 4.69) is 0 Å². The number of aliphatic carboxylic acids is 1. The predicted octanol–water partition coefficient (Wildman–Crippen LogP) is 2.34. The van der Waals surface area contributed by atoms with Crippen molar-refractivity contribution in [3.63, 3.8) is 0 Å². The number of hydrogen-bond acceptors (Lipinski definition) is 3. The van der Waals surface area contributed by atoms with Crippen LogP contribution >= 0.6 is 0 Å². The van der Waals surface area contributed by atoms with E-state index in [0.29, 0.717) is 13.2 Å². The number of hydrogen-bond donors (Lipinski definition) is 1.